The van der Waals surface area contributed by atoms with Gasteiger partial charge in [-0.1, -0.05) is 6.92 Å². The minimum atomic E-state index is 0.150. The highest BCUT2D eigenvalue weighted by Gasteiger charge is 2.20. The van der Waals surface area contributed by atoms with Crippen LogP contribution in [-0.2, 0) is 24.3 Å². The van der Waals surface area contributed by atoms with Crippen LogP contribution in [0.5, 0.6) is 0 Å². The van der Waals surface area contributed by atoms with Gasteiger partial charge in [0, 0.05) is 50.5 Å². The van der Waals surface area contributed by atoms with Crippen molar-refractivity contribution >= 4 is 17.2 Å². The molecule has 2 aromatic rings. The molecule has 0 bridgehead atoms. The standard InChI is InChI=1S/C16H23N5OS/c1-2-15-18-14(13-23-15)11-19-6-4-7-20(10-9-19)16(22)12-21-8-3-5-17-21/h3,5,8,13H,2,4,6-7,9-12H2,1H3. The van der Waals surface area contributed by atoms with E-state index in [9.17, 15) is 4.79 Å². The van der Waals surface area contributed by atoms with E-state index in [1.165, 1.54) is 5.01 Å². The fourth-order valence-electron chi connectivity index (χ4n) is 2.82. The molecule has 1 saturated heterocycles. The number of hydrogen-bond acceptors (Lipinski definition) is 5. The van der Waals surface area contributed by atoms with Crippen molar-refractivity contribution in [2.24, 2.45) is 0 Å². The highest BCUT2D eigenvalue weighted by molar-refractivity contribution is 7.09. The first kappa shape index (κ1) is 16.1. The second-order valence-electron chi connectivity index (χ2n) is 5.80. The summed E-state index contributed by atoms with van der Waals surface area (Å²) >= 11 is 1.74. The summed E-state index contributed by atoms with van der Waals surface area (Å²) in [6.07, 6.45) is 5.54. The monoisotopic (exact) mass is 333 g/mol. The van der Waals surface area contributed by atoms with Gasteiger partial charge in [-0.2, -0.15) is 5.10 Å². The molecule has 7 heteroatoms. The Bertz CT molecular complexity index is 624. The lowest BCUT2D eigenvalue weighted by molar-refractivity contribution is -0.131. The maximum Gasteiger partial charge on any atom is 0.244 e. The maximum atomic E-state index is 12.4. The molecule has 2 aromatic heterocycles. The zero-order chi connectivity index (χ0) is 16.1. The highest BCUT2D eigenvalue weighted by Crippen LogP contribution is 2.14. The fraction of sp³-hybridized carbons (Fsp3) is 0.562. The summed E-state index contributed by atoms with van der Waals surface area (Å²) in [5, 5.41) is 7.46. The Balaban J connectivity index is 1.51. The molecule has 0 aliphatic carbocycles. The van der Waals surface area contributed by atoms with E-state index in [0.717, 1.165) is 51.3 Å². The normalized spacial score (nSPS) is 16.5. The Hall–Kier alpha value is -1.73. The summed E-state index contributed by atoms with van der Waals surface area (Å²) in [6, 6.07) is 1.84. The first-order valence-electron chi connectivity index (χ1n) is 8.15. The summed E-state index contributed by atoms with van der Waals surface area (Å²) in [4.78, 5) is 21.4. The van der Waals surface area contributed by atoms with Gasteiger partial charge in [-0.15, -0.1) is 11.3 Å². The average Bonchev–Trinajstić information content (AvgIpc) is 3.16. The third-order valence-corrected chi connectivity index (χ3v) is 5.13. The molecule has 1 aliphatic heterocycles. The summed E-state index contributed by atoms with van der Waals surface area (Å²) in [5.41, 5.74) is 1.16. The van der Waals surface area contributed by atoms with Crippen LogP contribution in [0.3, 0.4) is 0 Å². The summed E-state index contributed by atoms with van der Waals surface area (Å²) in [6.45, 7) is 6.89. The molecule has 1 amide bonds. The van der Waals surface area contributed by atoms with Crippen molar-refractivity contribution in [2.75, 3.05) is 26.2 Å². The smallest absolute Gasteiger partial charge is 0.244 e. The number of carbonyl (C=O) groups is 1. The molecule has 124 valence electrons. The number of nitrogens with zero attached hydrogens (tertiary/aromatic N) is 5. The molecule has 3 heterocycles. The lowest BCUT2D eigenvalue weighted by atomic mass is 10.3. The van der Waals surface area contributed by atoms with Crippen molar-refractivity contribution in [3.63, 3.8) is 0 Å². The van der Waals surface area contributed by atoms with E-state index in [4.69, 9.17) is 0 Å². The Labute approximate surface area is 140 Å². The number of aromatic nitrogens is 3. The predicted octanol–water partition coefficient (Wildman–Crippen LogP) is 1.64. The van der Waals surface area contributed by atoms with E-state index in [0.29, 0.717) is 6.54 Å². The first-order valence-corrected chi connectivity index (χ1v) is 9.03. The van der Waals surface area contributed by atoms with Crippen molar-refractivity contribution in [1.29, 1.82) is 0 Å². The molecule has 0 radical (unpaired) electrons. The van der Waals surface area contributed by atoms with E-state index in [1.807, 2.05) is 17.2 Å². The van der Waals surface area contributed by atoms with E-state index in [2.05, 4.69) is 27.3 Å². The van der Waals surface area contributed by atoms with Crippen LogP contribution in [-0.4, -0.2) is 56.7 Å². The Morgan fingerprint density at radius 3 is 2.96 bits per heavy atom. The van der Waals surface area contributed by atoms with Crippen LogP contribution in [0.2, 0.25) is 0 Å². The van der Waals surface area contributed by atoms with Crippen molar-refractivity contribution in [1.82, 2.24) is 24.6 Å². The number of rotatable bonds is 5. The van der Waals surface area contributed by atoms with Gasteiger partial charge in [0.05, 0.1) is 10.7 Å². The van der Waals surface area contributed by atoms with Gasteiger partial charge >= 0.3 is 0 Å². The van der Waals surface area contributed by atoms with E-state index in [-0.39, 0.29) is 5.91 Å². The molecule has 6 nitrogen and oxygen atoms in total. The number of thiazole rings is 1. The number of aryl methyl sites for hydroxylation is 1. The fourth-order valence-corrected chi connectivity index (χ4v) is 3.56. The van der Waals surface area contributed by atoms with E-state index in [1.54, 1.807) is 22.2 Å². The number of carbonyl (C=O) groups excluding carboxylic acids is 1. The van der Waals surface area contributed by atoms with Crippen LogP contribution in [0.1, 0.15) is 24.0 Å². The minimum absolute atomic E-state index is 0.150. The molecule has 3 rings (SSSR count). The first-order chi connectivity index (χ1) is 11.2. The highest BCUT2D eigenvalue weighted by atomic mass is 32.1. The summed E-state index contributed by atoms with van der Waals surface area (Å²) in [7, 11) is 0. The minimum Gasteiger partial charge on any atom is -0.340 e. The molecule has 0 saturated carbocycles. The SMILES string of the molecule is CCc1nc(CN2CCCN(C(=O)Cn3cccn3)CC2)cs1. The number of amides is 1. The molecular weight excluding hydrogens is 310 g/mol. The molecule has 0 atom stereocenters. The van der Waals surface area contributed by atoms with Crippen LogP contribution in [0.4, 0.5) is 0 Å². The van der Waals surface area contributed by atoms with Crippen molar-refractivity contribution < 1.29 is 4.79 Å². The number of hydrogen-bond donors (Lipinski definition) is 0. The molecular formula is C16H23N5OS. The van der Waals surface area contributed by atoms with Crippen LogP contribution in [0.15, 0.2) is 23.8 Å². The van der Waals surface area contributed by atoms with Crippen LogP contribution >= 0.6 is 11.3 Å². The summed E-state index contributed by atoms with van der Waals surface area (Å²) < 4.78 is 1.69. The average molecular weight is 333 g/mol. The summed E-state index contributed by atoms with van der Waals surface area (Å²) in [5.74, 6) is 0.150. The molecule has 0 aromatic carbocycles. The van der Waals surface area contributed by atoms with Crippen molar-refractivity contribution in [2.45, 2.75) is 32.9 Å². The molecule has 0 spiro atoms. The topological polar surface area (TPSA) is 54.3 Å². The van der Waals surface area contributed by atoms with Gasteiger partial charge in [0.1, 0.15) is 6.54 Å². The van der Waals surface area contributed by atoms with Crippen LogP contribution < -0.4 is 0 Å². The zero-order valence-corrected chi connectivity index (χ0v) is 14.3. The van der Waals surface area contributed by atoms with Gasteiger partial charge in [-0.25, -0.2) is 4.98 Å². The molecule has 1 fully saturated rings. The quantitative estimate of drug-likeness (QED) is 0.835. The van der Waals surface area contributed by atoms with Gasteiger partial charge in [-0.3, -0.25) is 14.4 Å². The third kappa shape index (κ3) is 4.39. The van der Waals surface area contributed by atoms with Crippen LogP contribution in [0.25, 0.3) is 0 Å². The molecule has 0 unspecified atom stereocenters. The molecule has 1 aliphatic rings. The van der Waals surface area contributed by atoms with Gasteiger partial charge in [0.25, 0.3) is 0 Å². The van der Waals surface area contributed by atoms with Gasteiger partial charge < -0.3 is 4.90 Å². The van der Waals surface area contributed by atoms with E-state index < -0.39 is 0 Å². The van der Waals surface area contributed by atoms with Gasteiger partial charge in [0.15, 0.2) is 0 Å². The zero-order valence-electron chi connectivity index (χ0n) is 13.5. The molecule has 0 N–H and O–H groups in total. The Morgan fingerprint density at radius 2 is 2.22 bits per heavy atom. The maximum absolute atomic E-state index is 12.4. The lowest BCUT2D eigenvalue weighted by Gasteiger charge is -2.21. The lowest BCUT2D eigenvalue weighted by Crippen LogP contribution is -2.37. The second-order valence-corrected chi connectivity index (χ2v) is 6.74. The van der Waals surface area contributed by atoms with Gasteiger partial charge in [-0.05, 0) is 18.9 Å². The van der Waals surface area contributed by atoms with Gasteiger partial charge in [0.2, 0.25) is 5.91 Å². The van der Waals surface area contributed by atoms with Crippen molar-refractivity contribution in [3.05, 3.63) is 34.5 Å². The Kier molecular flexibility index (Phi) is 5.40. The second kappa shape index (κ2) is 7.70. The Morgan fingerprint density at radius 1 is 1.30 bits per heavy atom. The largest absolute Gasteiger partial charge is 0.340 e. The third-order valence-electron chi connectivity index (χ3n) is 4.09. The van der Waals surface area contributed by atoms with E-state index >= 15 is 0 Å². The molecule has 23 heavy (non-hydrogen) atoms. The van der Waals surface area contributed by atoms with Crippen molar-refractivity contribution in [3.8, 4) is 0 Å². The predicted molar refractivity (Wildman–Crippen MR) is 90.2 cm³/mol. The van der Waals surface area contributed by atoms with Crippen LogP contribution in [0, 0.1) is 0 Å².